The average Bonchev–Trinajstić information content (AvgIpc) is 3.74. The molecule has 2 fully saturated rings. The van der Waals surface area contributed by atoms with Crippen LogP contribution in [0.25, 0.3) is 11.0 Å². The number of carbonyl (C=O) groups excluding carboxylic acids is 1. The summed E-state index contributed by atoms with van der Waals surface area (Å²) < 4.78 is 12.8. The molecule has 0 aliphatic carbocycles. The van der Waals surface area contributed by atoms with E-state index in [1.807, 2.05) is 70.1 Å². The highest BCUT2D eigenvalue weighted by Gasteiger charge is 2.27. The molecule has 5 aromatic rings. The summed E-state index contributed by atoms with van der Waals surface area (Å²) in [4.78, 5) is 45.1. The van der Waals surface area contributed by atoms with Gasteiger partial charge in [0.1, 0.15) is 11.0 Å². The monoisotopic (exact) mass is 697 g/mol. The zero-order valence-electron chi connectivity index (χ0n) is 26.9. The van der Waals surface area contributed by atoms with E-state index in [0.29, 0.717) is 34.7 Å². The number of nitrogens with one attached hydrogen (secondary N) is 1. The molecule has 0 unspecified atom stereocenters. The quantitative estimate of drug-likeness (QED) is 0.126. The van der Waals surface area contributed by atoms with E-state index in [0.717, 1.165) is 79.5 Å². The van der Waals surface area contributed by atoms with Gasteiger partial charge in [0, 0.05) is 69.2 Å². The van der Waals surface area contributed by atoms with Crippen LogP contribution >= 0.6 is 23.4 Å². The summed E-state index contributed by atoms with van der Waals surface area (Å²) in [6, 6.07) is 23.5. The van der Waals surface area contributed by atoms with Crippen LogP contribution in [0.2, 0.25) is 5.15 Å². The van der Waals surface area contributed by atoms with E-state index in [9.17, 15) is 9.59 Å². The number of fused-ring (bicyclic) bond motifs is 2. The van der Waals surface area contributed by atoms with Crippen LogP contribution < -0.4 is 20.1 Å². The Morgan fingerprint density at radius 3 is 2.55 bits per heavy atom. The van der Waals surface area contributed by atoms with Crippen LogP contribution in [0.5, 0.6) is 11.5 Å². The predicted molar refractivity (Wildman–Crippen MR) is 190 cm³/mol. The summed E-state index contributed by atoms with van der Waals surface area (Å²) in [5.74, 6) is 3.06. The Morgan fingerprint density at radius 2 is 1.69 bits per heavy atom. The minimum Gasteiger partial charge on any atom is -0.454 e. The first-order valence-corrected chi connectivity index (χ1v) is 17.9. The highest BCUT2D eigenvalue weighted by Crippen LogP contribution is 2.33. The molecule has 252 valence electrons. The van der Waals surface area contributed by atoms with Crippen LogP contribution in [-0.2, 0) is 12.3 Å². The number of aromatic nitrogens is 4. The zero-order chi connectivity index (χ0) is 33.3. The number of aromatic amines is 1. The number of H-pyrrole nitrogens is 1. The number of halogens is 1. The van der Waals surface area contributed by atoms with Crippen molar-refractivity contribution < 1.29 is 14.3 Å². The summed E-state index contributed by atoms with van der Waals surface area (Å²) in [6.45, 7) is 5.80. The number of hydrogen-bond donors (Lipinski definition) is 1. The Hall–Kier alpha value is -4.52. The highest BCUT2D eigenvalue weighted by molar-refractivity contribution is 7.98. The summed E-state index contributed by atoms with van der Waals surface area (Å²) >= 11 is 7.98. The summed E-state index contributed by atoms with van der Waals surface area (Å²) in [7, 11) is 0. The Balaban J connectivity index is 0.855. The van der Waals surface area contributed by atoms with Gasteiger partial charge in [-0.25, -0.2) is 14.8 Å². The third-order valence-corrected chi connectivity index (χ3v) is 10.6. The lowest BCUT2D eigenvalue weighted by atomic mass is 10.0. The van der Waals surface area contributed by atoms with E-state index in [-0.39, 0.29) is 24.4 Å². The van der Waals surface area contributed by atoms with Gasteiger partial charge in [0.25, 0.3) is 5.91 Å². The first kappa shape index (κ1) is 31.7. The maximum absolute atomic E-state index is 13.5. The molecule has 49 heavy (non-hydrogen) atoms. The lowest BCUT2D eigenvalue weighted by Gasteiger charge is -2.35. The molecular weight excluding hydrogens is 662 g/mol. The van der Waals surface area contributed by atoms with E-state index < -0.39 is 0 Å². The number of anilines is 1. The molecule has 11 nitrogen and oxygen atoms in total. The van der Waals surface area contributed by atoms with Crippen molar-refractivity contribution in [2.45, 2.75) is 36.3 Å². The molecule has 0 atom stereocenters. The van der Waals surface area contributed by atoms with Crippen molar-refractivity contribution in [2.24, 2.45) is 0 Å². The minimum absolute atomic E-state index is 0.00975. The maximum Gasteiger partial charge on any atom is 0.326 e. The number of imidazole rings is 1. The molecule has 0 radical (unpaired) electrons. The fraction of sp³-hybridized carbons (Fsp3) is 0.333. The molecule has 13 heteroatoms. The molecule has 1 N–H and O–H groups in total. The molecule has 2 aromatic heterocycles. The van der Waals surface area contributed by atoms with Crippen LogP contribution in [-0.4, -0.2) is 81.3 Å². The van der Waals surface area contributed by atoms with Gasteiger partial charge in [-0.15, -0.1) is 0 Å². The first-order chi connectivity index (χ1) is 24.0. The van der Waals surface area contributed by atoms with Crippen molar-refractivity contribution in [3.63, 3.8) is 0 Å². The standard InChI is InChI=1S/C36H36ClN7O4S/c37-32-20-33(42-16-14-41(15-17-42)21-24-8-9-30-31(19-24)48-23-47-30)40-35(39-32)49-22-25-4-3-5-26(18-25)34(45)43-12-10-27(11-13-43)44-29-7-2-1-6-28(29)38-36(44)46/h1-9,18-20,27H,10-17,21-23H2,(H,38,46). The maximum atomic E-state index is 13.5. The molecule has 5 heterocycles. The van der Waals surface area contributed by atoms with Gasteiger partial charge in [0.05, 0.1) is 11.0 Å². The van der Waals surface area contributed by atoms with Gasteiger partial charge in [0.2, 0.25) is 6.79 Å². The zero-order valence-corrected chi connectivity index (χ0v) is 28.5. The minimum atomic E-state index is -0.0941. The second-order valence-corrected chi connectivity index (χ2v) is 13.9. The van der Waals surface area contributed by atoms with Gasteiger partial charge in [-0.1, -0.05) is 53.7 Å². The number of likely N-dealkylation sites (tertiary alicyclic amines) is 1. The number of rotatable bonds is 8. The van der Waals surface area contributed by atoms with E-state index >= 15 is 0 Å². The summed E-state index contributed by atoms with van der Waals surface area (Å²) in [6.07, 6.45) is 1.46. The second kappa shape index (κ2) is 13.8. The molecule has 0 saturated carbocycles. The smallest absolute Gasteiger partial charge is 0.326 e. The van der Waals surface area contributed by atoms with E-state index in [4.69, 9.17) is 26.1 Å². The lowest BCUT2D eigenvalue weighted by molar-refractivity contribution is 0.0695. The molecule has 3 aliphatic rings. The number of amides is 1. The first-order valence-electron chi connectivity index (χ1n) is 16.6. The molecule has 3 aromatic carbocycles. The Kier molecular flexibility index (Phi) is 8.92. The third-order valence-electron chi connectivity index (χ3n) is 9.48. The Morgan fingerprint density at radius 1 is 0.878 bits per heavy atom. The molecular formula is C36H36ClN7O4S. The fourth-order valence-corrected chi connectivity index (χ4v) is 7.96. The van der Waals surface area contributed by atoms with Crippen LogP contribution in [0.4, 0.5) is 5.82 Å². The van der Waals surface area contributed by atoms with E-state index in [1.165, 1.54) is 17.3 Å². The van der Waals surface area contributed by atoms with Gasteiger partial charge in [0.15, 0.2) is 16.7 Å². The van der Waals surface area contributed by atoms with Gasteiger partial charge in [-0.05, 0) is 60.4 Å². The molecule has 3 aliphatic heterocycles. The van der Waals surface area contributed by atoms with Gasteiger partial charge < -0.3 is 24.3 Å². The average molecular weight is 698 g/mol. The molecule has 0 bridgehead atoms. The topological polar surface area (TPSA) is 109 Å². The number of thioether (sulfide) groups is 1. The van der Waals surface area contributed by atoms with E-state index in [1.54, 1.807) is 0 Å². The van der Waals surface area contributed by atoms with Crippen molar-refractivity contribution >= 4 is 46.1 Å². The summed E-state index contributed by atoms with van der Waals surface area (Å²) in [5, 5.41) is 1.02. The van der Waals surface area contributed by atoms with Gasteiger partial charge in [-0.3, -0.25) is 14.3 Å². The Labute approximate surface area is 292 Å². The number of ether oxygens (including phenoxy) is 2. The van der Waals surface area contributed by atoms with Crippen LogP contribution in [0, 0.1) is 0 Å². The number of benzene rings is 3. The third kappa shape index (κ3) is 6.85. The number of hydrogen-bond acceptors (Lipinski definition) is 9. The van der Waals surface area contributed by atoms with Crippen LogP contribution in [0.3, 0.4) is 0 Å². The van der Waals surface area contributed by atoms with E-state index in [2.05, 4.69) is 31.9 Å². The number of carbonyl (C=O) groups is 1. The van der Waals surface area contributed by atoms with Crippen molar-refractivity contribution in [1.82, 2.24) is 29.3 Å². The van der Waals surface area contributed by atoms with Crippen molar-refractivity contribution in [3.05, 3.63) is 105 Å². The molecule has 1 amide bonds. The van der Waals surface area contributed by atoms with Crippen molar-refractivity contribution in [1.29, 1.82) is 0 Å². The van der Waals surface area contributed by atoms with Crippen molar-refractivity contribution in [3.8, 4) is 11.5 Å². The highest BCUT2D eigenvalue weighted by atomic mass is 35.5. The normalized spacial score (nSPS) is 16.8. The number of piperazine rings is 1. The SMILES string of the molecule is O=C(c1cccc(CSc2nc(Cl)cc(N3CCN(Cc4ccc5c(c4)OCO5)CC3)n2)c1)N1CCC(n2c(=O)[nH]c3ccccc32)CC1. The largest absolute Gasteiger partial charge is 0.454 e. The molecule has 0 spiro atoms. The fourth-order valence-electron chi connectivity index (χ4n) is 6.93. The molecule has 8 rings (SSSR count). The van der Waals surface area contributed by atoms with Crippen LogP contribution in [0.1, 0.15) is 40.4 Å². The number of piperidine rings is 1. The summed E-state index contributed by atoms with van der Waals surface area (Å²) in [5.41, 5.74) is 4.53. The lowest BCUT2D eigenvalue weighted by Crippen LogP contribution is -2.46. The van der Waals surface area contributed by atoms with Crippen LogP contribution in [0.15, 0.2) is 82.7 Å². The number of nitrogens with zero attached hydrogens (tertiary/aromatic N) is 6. The predicted octanol–water partition coefficient (Wildman–Crippen LogP) is 5.59. The van der Waals surface area contributed by atoms with Gasteiger partial charge >= 0.3 is 5.69 Å². The second-order valence-electron chi connectivity index (χ2n) is 12.6. The molecule has 2 saturated heterocycles. The van der Waals surface area contributed by atoms with Crippen molar-refractivity contribution in [2.75, 3.05) is 51.0 Å². The van der Waals surface area contributed by atoms with Gasteiger partial charge in [-0.2, -0.15) is 0 Å². The number of para-hydroxylation sites is 2. The Bertz CT molecular complexity index is 2050.